The fourth-order valence-corrected chi connectivity index (χ4v) is 2.81. The lowest BCUT2D eigenvalue weighted by molar-refractivity contribution is -0.127. The van der Waals surface area contributed by atoms with Gasteiger partial charge in [0.1, 0.15) is 11.5 Å². The monoisotopic (exact) mass is 313 g/mol. The van der Waals surface area contributed by atoms with Crippen molar-refractivity contribution in [2.75, 3.05) is 0 Å². The Morgan fingerprint density at radius 1 is 1.52 bits per heavy atom. The average molecular weight is 313 g/mol. The van der Waals surface area contributed by atoms with Gasteiger partial charge in [0.2, 0.25) is 5.91 Å². The molecule has 5 nitrogen and oxygen atoms in total. The zero-order valence-corrected chi connectivity index (χ0v) is 13.7. The van der Waals surface area contributed by atoms with E-state index < -0.39 is 0 Å². The molecule has 3 rings (SSSR count). The number of hydrogen-bond acceptors (Lipinski definition) is 3. The van der Waals surface area contributed by atoms with Crippen molar-refractivity contribution in [3.63, 3.8) is 0 Å². The minimum absolute atomic E-state index is 0.105. The second-order valence-electron chi connectivity index (χ2n) is 6.23. The number of aromatic nitrogens is 2. The second kappa shape index (κ2) is 6.44. The van der Waals surface area contributed by atoms with E-state index in [1.807, 2.05) is 29.9 Å². The van der Waals surface area contributed by atoms with Crippen LogP contribution in [0.5, 0.6) is 0 Å². The molecule has 122 valence electrons. The number of amides is 1. The number of nitrogens with zero attached hydrogens (tertiary/aromatic N) is 3. The van der Waals surface area contributed by atoms with Gasteiger partial charge in [-0.25, -0.2) is 0 Å². The molecule has 0 radical (unpaired) electrons. The third kappa shape index (κ3) is 3.55. The Morgan fingerprint density at radius 3 is 2.91 bits per heavy atom. The van der Waals surface area contributed by atoms with Crippen LogP contribution in [0.1, 0.15) is 43.3 Å². The molecule has 1 fully saturated rings. The quantitative estimate of drug-likeness (QED) is 0.737. The van der Waals surface area contributed by atoms with Gasteiger partial charge in [0.25, 0.3) is 0 Å². The van der Waals surface area contributed by atoms with Crippen molar-refractivity contribution in [3.05, 3.63) is 54.3 Å². The van der Waals surface area contributed by atoms with Gasteiger partial charge in [-0.05, 0) is 37.5 Å². The molecule has 5 heteroatoms. The Bertz CT molecular complexity index is 701. The molecule has 2 atom stereocenters. The van der Waals surface area contributed by atoms with Crippen molar-refractivity contribution in [3.8, 4) is 0 Å². The van der Waals surface area contributed by atoms with E-state index in [0.717, 1.165) is 23.6 Å². The minimum atomic E-state index is -0.105. The molecule has 2 aromatic rings. The molecule has 0 spiro atoms. The van der Waals surface area contributed by atoms with Crippen LogP contribution in [0, 0.1) is 5.92 Å². The van der Waals surface area contributed by atoms with Gasteiger partial charge in [0.05, 0.1) is 12.7 Å². The van der Waals surface area contributed by atoms with Crippen molar-refractivity contribution in [2.45, 2.75) is 45.8 Å². The van der Waals surface area contributed by atoms with Crippen LogP contribution >= 0.6 is 0 Å². The first-order chi connectivity index (χ1) is 11.1. The predicted molar refractivity (Wildman–Crippen MR) is 87.6 cm³/mol. The SMILES string of the molecule is C=CC(=O)N(Cc1cnn(CC)c1)Cc1ccc(C2CC2C)o1. The van der Waals surface area contributed by atoms with Gasteiger partial charge >= 0.3 is 0 Å². The molecule has 1 aliphatic rings. The van der Waals surface area contributed by atoms with Crippen molar-refractivity contribution >= 4 is 5.91 Å². The highest BCUT2D eigenvalue weighted by Gasteiger charge is 2.36. The van der Waals surface area contributed by atoms with Crippen LogP contribution in [0.4, 0.5) is 0 Å². The van der Waals surface area contributed by atoms with Crippen LogP contribution in [0.25, 0.3) is 0 Å². The molecule has 0 aliphatic heterocycles. The largest absolute Gasteiger partial charge is 0.464 e. The normalized spacial score (nSPS) is 19.6. The molecule has 0 N–H and O–H groups in total. The van der Waals surface area contributed by atoms with E-state index in [4.69, 9.17) is 4.42 Å². The Balaban J connectivity index is 1.69. The predicted octanol–water partition coefficient (Wildman–Crippen LogP) is 3.33. The van der Waals surface area contributed by atoms with Gasteiger partial charge in [0, 0.05) is 30.8 Å². The summed E-state index contributed by atoms with van der Waals surface area (Å²) in [5.74, 6) is 3.01. The average Bonchev–Trinajstić information content (AvgIpc) is 2.96. The van der Waals surface area contributed by atoms with Gasteiger partial charge in [-0.1, -0.05) is 13.5 Å². The van der Waals surface area contributed by atoms with Crippen LogP contribution in [-0.2, 0) is 24.4 Å². The summed E-state index contributed by atoms with van der Waals surface area (Å²) in [5.41, 5.74) is 1.00. The third-order valence-electron chi connectivity index (χ3n) is 4.37. The maximum atomic E-state index is 12.1. The van der Waals surface area contributed by atoms with Gasteiger partial charge < -0.3 is 9.32 Å². The topological polar surface area (TPSA) is 51.3 Å². The fourth-order valence-electron chi connectivity index (χ4n) is 2.81. The Morgan fingerprint density at radius 2 is 2.30 bits per heavy atom. The first-order valence-corrected chi connectivity index (χ1v) is 8.12. The highest BCUT2D eigenvalue weighted by molar-refractivity contribution is 5.86. The van der Waals surface area contributed by atoms with Crippen molar-refractivity contribution in [1.82, 2.24) is 14.7 Å². The fraction of sp³-hybridized carbons (Fsp3) is 0.444. The van der Waals surface area contributed by atoms with E-state index in [1.165, 1.54) is 12.5 Å². The number of furan rings is 1. The van der Waals surface area contributed by atoms with E-state index in [0.29, 0.717) is 24.9 Å². The summed E-state index contributed by atoms with van der Waals surface area (Å²) in [6, 6.07) is 4.01. The number of hydrogen-bond donors (Lipinski definition) is 0. The molecule has 0 aromatic carbocycles. The maximum absolute atomic E-state index is 12.1. The molecule has 0 saturated heterocycles. The molecule has 2 unspecified atom stereocenters. The zero-order valence-electron chi connectivity index (χ0n) is 13.7. The number of rotatable bonds is 7. The van der Waals surface area contributed by atoms with Crippen LogP contribution < -0.4 is 0 Å². The summed E-state index contributed by atoms with van der Waals surface area (Å²) < 4.78 is 7.77. The summed E-state index contributed by atoms with van der Waals surface area (Å²) >= 11 is 0. The number of carbonyl (C=O) groups is 1. The molecular weight excluding hydrogens is 290 g/mol. The van der Waals surface area contributed by atoms with E-state index in [-0.39, 0.29) is 5.91 Å². The number of carbonyl (C=O) groups excluding carboxylic acids is 1. The zero-order chi connectivity index (χ0) is 16.4. The Kier molecular flexibility index (Phi) is 4.37. The summed E-state index contributed by atoms with van der Waals surface area (Å²) in [6.07, 6.45) is 6.30. The van der Waals surface area contributed by atoms with E-state index in [9.17, 15) is 4.79 Å². The maximum Gasteiger partial charge on any atom is 0.246 e. The van der Waals surface area contributed by atoms with E-state index >= 15 is 0 Å². The van der Waals surface area contributed by atoms with E-state index in [2.05, 4.69) is 18.6 Å². The molecule has 0 bridgehead atoms. The highest BCUT2D eigenvalue weighted by atomic mass is 16.3. The van der Waals surface area contributed by atoms with Crippen molar-refractivity contribution in [1.29, 1.82) is 0 Å². The lowest BCUT2D eigenvalue weighted by Crippen LogP contribution is -2.28. The first-order valence-electron chi connectivity index (χ1n) is 8.12. The summed E-state index contributed by atoms with van der Waals surface area (Å²) in [7, 11) is 0. The molecular formula is C18H23N3O2. The lowest BCUT2D eigenvalue weighted by Gasteiger charge is -2.19. The van der Waals surface area contributed by atoms with Crippen molar-refractivity contribution in [2.24, 2.45) is 5.92 Å². The third-order valence-corrected chi connectivity index (χ3v) is 4.37. The summed E-state index contributed by atoms with van der Waals surface area (Å²) in [5, 5.41) is 4.25. The molecule has 1 aliphatic carbocycles. The molecule has 2 heterocycles. The standard InChI is InChI=1S/C18H23N3O2/c1-4-18(22)20(10-14-9-19-21(5-2)11-14)12-15-6-7-17(23-15)16-8-13(16)3/h4,6-7,9,11,13,16H,1,5,8,10,12H2,2-3H3. The second-order valence-corrected chi connectivity index (χ2v) is 6.23. The van der Waals surface area contributed by atoms with E-state index in [1.54, 1.807) is 11.1 Å². The molecule has 2 aromatic heterocycles. The minimum Gasteiger partial charge on any atom is -0.464 e. The van der Waals surface area contributed by atoms with Crippen LogP contribution in [0.3, 0.4) is 0 Å². The van der Waals surface area contributed by atoms with Crippen molar-refractivity contribution < 1.29 is 9.21 Å². The molecule has 23 heavy (non-hydrogen) atoms. The number of aryl methyl sites for hydroxylation is 1. The smallest absolute Gasteiger partial charge is 0.246 e. The van der Waals surface area contributed by atoms with Crippen LogP contribution in [0.2, 0.25) is 0 Å². The van der Waals surface area contributed by atoms with Crippen LogP contribution in [-0.4, -0.2) is 20.6 Å². The van der Waals surface area contributed by atoms with Gasteiger partial charge in [-0.15, -0.1) is 0 Å². The summed E-state index contributed by atoms with van der Waals surface area (Å²) in [4.78, 5) is 13.9. The van der Waals surface area contributed by atoms with Gasteiger partial charge in [0.15, 0.2) is 0 Å². The molecule has 1 saturated carbocycles. The van der Waals surface area contributed by atoms with Gasteiger partial charge in [-0.3, -0.25) is 9.48 Å². The lowest BCUT2D eigenvalue weighted by atomic mass is 10.2. The Labute approximate surface area is 136 Å². The summed E-state index contributed by atoms with van der Waals surface area (Å²) in [6.45, 7) is 9.62. The first kappa shape index (κ1) is 15.6. The Hall–Kier alpha value is -2.30. The van der Waals surface area contributed by atoms with Crippen LogP contribution in [0.15, 0.2) is 41.6 Å². The van der Waals surface area contributed by atoms with Gasteiger partial charge in [-0.2, -0.15) is 5.10 Å². The highest BCUT2D eigenvalue weighted by Crippen LogP contribution is 2.47. The molecule has 1 amide bonds.